The Hall–Kier alpha value is -2.57. The minimum atomic E-state index is -0.857. The summed E-state index contributed by atoms with van der Waals surface area (Å²) in [5, 5.41) is 6.05. The van der Waals surface area contributed by atoms with Crippen molar-refractivity contribution in [3.8, 4) is 0 Å². The van der Waals surface area contributed by atoms with E-state index in [1.54, 1.807) is 25.7 Å². The number of benzene rings is 1. The van der Waals surface area contributed by atoms with Gasteiger partial charge in [-0.15, -0.1) is 0 Å². The van der Waals surface area contributed by atoms with Gasteiger partial charge in [-0.05, 0) is 85.3 Å². The molecule has 1 fully saturated rings. The van der Waals surface area contributed by atoms with Crippen LogP contribution in [-0.4, -0.2) is 46.0 Å². The van der Waals surface area contributed by atoms with Gasteiger partial charge < -0.3 is 20.3 Å². The molecule has 3 amide bonds. The fourth-order valence-electron chi connectivity index (χ4n) is 5.00. The Morgan fingerprint density at radius 1 is 0.973 bits per heavy atom. The van der Waals surface area contributed by atoms with Gasteiger partial charge in [0.1, 0.15) is 17.7 Å². The molecule has 0 bridgehead atoms. The van der Waals surface area contributed by atoms with Crippen LogP contribution in [0.4, 0.5) is 4.79 Å². The second kappa shape index (κ2) is 12.3. The van der Waals surface area contributed by atoms with Gasteiger partial charge in [0.25, 0.3) is 0 Å². The average molecular weight is 516 g/mol. The first kappa shape index (κ1) is 30.7. The monoisotopic (exact) mass is 515 g/mol. The lowest BCUT2D eigenvalue weighted by molar-refractivity contribution is -0.149. The van der Waals surface area contributed by atoms with E-state index in [1.165, 1.54) is 6.42 Å². The molecule has 1 aliphatic rings. The van der Waals surface area contributed by atoms with Gasteiger partial charge in [0.05, 0.1) is 0 Å². The van der Waals surface area contributed by atoms with Crippen LogP contribution >= 0.6 is 0 Å². The van der Waals surface area contributed by atoms with Gasteiger partial charge in [-0.3, -0.25) is 9.59 Å². The third kappa shape index (κ3) is 8.75. The van der Waals surface area contributed by atoms with E-state index in [4.69, 9.17) is 4.74 Å². The number of amides is 3. The number of carbonyl (C=O) groups excluding carboxylic acids is 3. The molecule has 1 aromatic rings. The highest BCUT2D eigenvalue weighted by molar-refractivity contribution is 5.93. The lowest BCUT2D eigenvalue weighted by Crippen LogP contribution is -2.60. The minimum Gasteiger partial charge on any atom is -0.444 e. The van der Waals surface area contributed by atoms with Crippen molar-refractivity contribution in [1.29, 1.82) is 0 Å². The summed E-state index contributed by atoms with van der Waals surface area (Å²) in [6.45, 7) is 18.9. The Morgan fingerprint density at radius 3 is 2.05 bits per heavy atom. The highest BCUT2D eigenvalue weighted by Gasteiger charge is 2.43. The largest absolute Gasteiger partial charge is 0.444 e. The molecule has 1 saturated carbocycles. The first-order valence-electron chi connectivity index (χ1n) is 13.7. The van der Waals surface area contributed by atoms with Crippen LogP contribution in [0.5, 0.6) is 0 Å². The third-order valence-corrected chi connectivity index (χ3v) is 6.74. The molecular weight excluding hydrogens is 466 g/mol. The van der Waals surface area contributed by atoms with Crippen LogP contribution in [0.25, 0.3) is 0 Å². The average Bonchev–Trinajstić information content (AvgIpc) is 2.74. The second-order valence-corrected chi connectivity index (χ2v) is 12.9. The van der Waals surface area contributed by atoms with Gasteiger partial charge in [-0.1, -0.05) is 56.9 Å². The molecule has 7 nitrogen and oxygen atoms in total. The van der Waals surface area contributed by atoms with Crippen molar-refractivity contribution >= 4 is 17.9 Å². The number of hydrogen-bond acceptors (Lipinski definition) is 4. The van der Waals surface area contributed by atoms with Crippen molar-refractivity contribution < 1.29 is 19.1 Å². The molecule has 208 valence electrons. The van der Waals surface area contributed by atoms with E-state index in [0.29, 0.717) is 0 Å². The zero-order chi connectivity index (χ0) is 28.1. The number of nitrogens with zero attached hydrogens (tertiary/aromatic N) is 1. The van der Waals surface area contributed by atoms with Crippen molar-refractivity contribution in [3.05, 3.63) is 34.9 Å². The van der Waals surface area contributed by atoms with Gasteiger partial charge in [0.15, 0.2) is 0 Å². The molecule has 37 heavy (non-hydrogen) atoms. The van der Waals surface area contributed by atoms with E-state index in [0.717, 1.165) is 42.4 Å². The molecule has 0 aromatic heterocycles. The summed E-state index contributed by atoms with van der Waals surface area (Å²) in [7, 11) is 0. The summed E-state index contributed by atoms with van der Waals surface area (Å²) in [5.74, 6) is -0.704. The fourth-order valence-corrected chi connectivity index (χ4v) is 5.00. The van der Waals surface area contributed by atoms with E-state index in [9.17, 15) is 14.4 Å². The number of alkyl carbamates (subject to hydrolysis) is 1. The Morgan fingerprint density at radius 2 is 1.57 bits per heavy atom. The Balaban J connectivity index is 2.55. The highest BCUT2D eigenvalue weighted by Crippen LogP contribution is 2.33. The first-order chi connectivity index (χ1) is 17.0. The maximum absolute atomic E-state index is 14.3. The zero-order valence-corrected chi connectivity index (χ0v) is 24.7. The molecule has 1 aromatic carbocycles. The van der Waals surface area contributed by atoms with Crippen LogP contribution in [0.3, 0.4) is 0 Å². The quantitative estimate of drug-likeness (QED) is 0.468. The second-order valence-electron chi connectivity index (χ2n) is 12.9. The fraction of sp³-hybridized carbons (Fsp3) is 0.700. The van der Waals surface area contributed by atoms with Crippen molar-refractivity contribution in [2.45, 2.75) is 131 Å². The van der Waals surface area contributed by atoms with Crippen LogP contribution < -0.4 is 10.6 Å². The van der Waals surface area contributed by atoms with Crippen molar-refractivity contribution in [2.24, 2.45) is 5.92 Å². The lowest BCUT2D eigenvalue weighted by Gasteiger charge is -2.44. The van der Waals surface area contributed by atoms with Gasteiger partial charge >= 0.3 is 6.09 Å². The SMILES string of the molecule is Cc1ccc(C(C(=O)NC2CCCCC2)N(C(=O)C(NC(=O)OC(C)(C)C)C(C)C)C(C)(C)C)c(C)c1. The Labute approximate surface area is 224 Å². The van der Waals surface area contributed by atoms with Crippen LogP contribution in [-0.2, 0) is 14.3 Å². The molecule has 0 aliphatic heterocycles. The molecule has 0 heterocycles. The summed E-state index contributed by atoms with van der Waals surface area (Å²) < 4.78 is 5.46. The van der Waals surface area contributed by atoms with E-state index < -0.39 is 29.3 Å². The van der Waals surface area contributed by atoms with Gasteiger partial charge in [0, 0.05) is 11.6 Å². The summed E-state index contributed by atoms with van der Waals surface area (Å²) in [5.41, 5.74) is 1.44. The summed E-state index contributed by atoms with van der Waals surface area (Å²) in [6.07, 6.45) is 4.62. The predicted molar refractivity (Wildman–Crippen MR) is 148 cm³/mol. The molecule has 2 unspecified atom stereocenters. The van der Waals surface area contributed by atoms with Gasteiger partial charge in [0.2, 0.25) is 11.8 Å². The van der Waals surface area contributed by atoms with Crippen LogP contribution in [0.1, 0.15) is 110 Å². The molecular formula is C30H49N3O4. The third-order valence-electron chi connectivity index (χ3n) is 6.74. The molecule has 2 N–H and O–H groups in total. The van der Waals surface area contributed by atoms with Crippen molar-refractivity contribution in [3.63, 3.8) is 0 Å². The number of rotatable bonds is 7. The smallest absolute Gasteiger partial charge is 0.408 e. The van der Waals surface area contributed by atoms with Crippen LogP contribution in [0, 0.1) is 19.8 Å². The van der Waals surface area contributed by atoms with Crippen molar-refractivity contribution in [2.75, 3.05) is 0 Å². The molecule has 0 saturated heterocycles. The van der Waals surface area contributed by atoms with E-state index in [1.807, 2.05) is 66.7 Å². The summed E-state index contributed by atoms with van der Waals surface area (Å²) in [4.78, 5) is 42.7. The van der Waals surface area contributed by atoms with E-state index in [2.05, 4.69) is 10.6 Å². The molecule has 1 aliphatic carbocycles. The van der Waals surface area contributed by atoms with E-state index >= 15 is 0 Å². The topological polar surface area (TPSA) is 87.7 Å². The van der Waals surface area contributed by atoms with E-state index in [-0.39, 0.29) is 23.8 Å². The van der Waals surface area contributed by atoms with Gasteiger partial charge in [-0.2, -0.15) is 0 Å². The minimum absolute atomic E-state index is 0.104. The molecule has 2 atom stereocenters. The lowest BCUT2D eigenvalue weighted by atomic mass is 9.90. The molecule has 0 spiro atoms. The molecule has 7 heteroatoms. The summed E-state index contributed by atoms with van der Waals surface area (Å²) in [6, 6.07) is 4.38. The maximum Gasteiger partial charge on any atom is 0.408 e. The van der Waals surface area contributed by atoms with Crippen molar-refractivity contribution in [1.82, 2.24) is 15.5 Å². The number of nitrogens with one attached hydrogen (secondary N) is 2. The van der Waals surface area contributed by atoms with Crippen LogP contribution in [0.2, 0.25) is 0 Å². The summed E-state index contributed by atoms with van der Waals surface area (Å²) >= 11 is 0. The maximum atomic E-state index is 14.3. The van der Waals surface area contributed by atoms with Crippen LogP contribution in [0.15, 0.2) is 18.2 Å². The Bertz CT molecular complexity index is 953. The molecule has 0 radical (unpaired) electrons. The predicted octanol–water partition coefficient (Wildman–Crippen LogP) is 5.97. The standard InChI is InChI=1S/C30H49N3O4/c1-19(2)24(32-28(36)37-30(8,9)10)27(35)33(29(5,6)7)25(23-17-16-20(3)18-21(23)4)26(34)31-22-14-12-11-13-15-22/h16-19,22,24-25H,11-15H2,1-10H3,(H,31,34)(H,32,36). The molecule has 2 rings (SSSR count). The number of hydrogen-bond donors (Lipinski definition) is 2. The normalized spacial score (nSPS) is 16.6. The highest BCUT2D eigenvalue weighted by atomic mass is 16.6. The Kier molecular flexibility index (Phi) is 10.2. The zero-order valence-electron chi connectivity index (χ0n) is 24.7. The first-order valence-corrected chi connectivity index (χ1v) is 13.7. The number of carbonyl (C=O) groups is 3. The number of ether oxygens (including phenoxy) is 1. The number of aryl methyl sites for hydroxylation is 2. The van der Waals surface area contributed by atoms with Gasteiger partial charge in [-0.25, -0.2) is 4.79 Å².